The third-order valence-corrected chi connectivity index (χ3v) is 6.39. The number of carbonyl (C=O) groups excluding carboxylic acids is 1. The van der Waals surface area contributed by atoms with Gasteiger partial charge in [0.15, 0.2) is 11.5 Å². The van der Waals surface area contributed by atoms with E-state index in [1.807, 2.05) is 62.4 Å². The number of hydrogen-bond acceptors (Lipinski definition) is 4. The van der Waals surface area contributed by atoms with Crippen LogP contribution < -0.4 is 14.8 Å². The van der Waals surface area contributed by atoms with Crippen LogP contribution in [0.1, 0.15) is 22.3 Å². The van der Waals surface area contributed by atoms with Crippen LogP contribution in [0.5, 0.6) is 11.5 Å². The summed E-state index contributed by atoms with van der Waals surface area (Å²) >= 11 is 5.78. The van der Waals surface area contributed by atoms with Crippen molar-refractivity contribution in [2.75, 3.05) is 12.4 Å². The van der Waals surface area contributed by atoms with Crippen molar-refractivity contribution in [3.63, 3.8) is 0 Å². The van der Waals surface area contributed by atoms with Crippen molar-refractivity contribution in [1.29, 1.82) is 5.26 Å². The number of nitriles is 1. The average molecular weight is 617 g/mol. The number of methoxy groups -OCH3 is 1. The molecule has 3 aromatic carbocycles. The third kappa shape index (κ3) is 6.36. The molecule has 1 N–H and O–H groups in total. The molecule has 168 valence electrons. The molecule has 0 atom stereocenters. The van der Waals surface area contributed by atoms with Crippen LogP contribution in [-0.4, -0.2) is 13.0 Å². The lowest BCUT2D eigenvalue weighted by Crippen LogP contribution is -2.14. The van der Waals surface area contributed by atoms with Crippen LogP contribution in [0.2, 0.25) is 0 Å². The highest BCUT2D eigenvalue weighted by Gasteiger charge is 2.15. The predicted molar refractivity (Wildman–Crippen MR) is 142 cm³/mol. The van der Waals surface area contributed by atoms with Gasteiger partial charge in [0.2, 0.25) is 0 Å². The summed E-state index contributed by atoms with van der Waals surface area (Å²) in [5.41, 5.74) is 4.35. The second-order valence-corrected chi connectivity index (χ2v) is 9.42. The van der Waals surface area contributed by atoms with Gasteiger partial charge in [-0.2, -0.15) is 5.26 Å². The number of ether oxygens (including phenoxy) is 2. The molecular weight excluding hydrogens is 595 g/mol. The molecule has 7 heteroatoms. The minimum Gasteiger partial charge on any atom is -0.493 e. The van der Waals surface area contributed by atoms with E-state index in [1.165, 1.54) is 6.08 Å². The Morgan fingerprint density at radius 2 is 1.91 bits per heavy atom. The smallest absolute Gasteiger partial charge is 0.266 e. The molecule has 0 aliphatic heterocycles. The first-order valence-electron chi connectivity index (χ1n) is 10.1. The number of halogens is 2. The lowest BCUT2D eigenvalue weighted by atomic mass is 10.1. The molecule has 0 bridgehead atoms. The van der Waals surface area contributed by atoms with Gasteiger partial charge in [-0.15, -0.1) is 0 Å². The van der Waals surface area contributed by atoms with E-state index in [4.69, 9.17) is 9.47 Å². The zero-order valence-corrected chi connectivity index (χ0v) is 22.2. The van der Waals surface area contributed by atoms with Gasteiger partial charge in [-0.1, -0.05) is 24.3 Å². The number of rotatable bonds is 7. The molecule has 0 spiro atoms. The first kappa shape index (κ1) is 24.8. The highest BCUT2D eigenvalue weighted by atomic mass is 127. The Hall–Kier alpha value is -2.83. The number of hydrogen-bond donors (Lipinski definition) is 1. The summed E-state index contributed by atoms with van der Waals surface area (Å²) < 4.78 is 13.3. The largest absolute Gasteiger partial charge is 0.493 e. The zero-order chi connectivity index (χ0) is 24.0. The fourth-order valence-electron chi connectivity index (χ4n) is 3.09. The Morgan fingerprint density at radius 3 is 2.58 bits per heavy atom. The molecule has 1 amide bonds. The number of amides is 1. The second-order valence-electron chi connectivity index (χ2n) is 7.32. The summed E-state index contributed by atoms with van der Waals surface area (Å²) in [5.74, 6) is 0.570. The van der Waals surface area contributed by atoms with Crippen molar-refractivity contribution in [2.45, 2.75) is 20.5 Å². The van der Waals surface area contributed by atoms with Crippen LogP contribution >= 0.6 is 38.5 Å². The maximum Gasteiger partial charge on any atom is 0.266 e. The van der Waals surface area contributed by atoms with Crippen LogP contribution in [0.3, 0.4) is 0 Å². The number of nitrogens with one attached hydrogen (secondary N) is 1. The fraction of sp³-hybridized carbons (Fsp3) is 0.154. The molecule has 0 aliphatic carbocycles. The Balaban J connectivity index is 1.83. The topological polar surface area (TPSA) is 71.3 Å². The van der Waals surface area contributed by atoms with Gasteiger partial charge in [-0.3, -0.25) is 4.79 Å². The van der Waals surface area contributed by atoms with E-state index in [1.54, 1.807) is 19.2 Å². The fourth-order valence-corrected chi connectivity index (χ4v) is 4.02. The van der Waals surface area contributed by atoms with E-state index in [9.17, 15) is 10.1 Å². The van der Waals surface area contributed by atoms with Crippen molar-refractivity contribution in [2.24, 2.45) is 0 Å². The van der Waals surface area contributed by atoms with Gasteiger partial charge in [0.05, 0.1) is 11.6 Å². The van der Waals surface area contributed by atoms with Crippen LogP contribution in [0.25, 0.3) is 6.08 Å². The van der Waals surface area contributed by atoms with E-state index < -0.39 is 5.91 Å². The highest BCUT2D eigenvalue weighted by Crippen LogP contribution is 2.38. The van der Waals surface area contributed by atoms with Gasteiger partial charge in [-0.25, -0.2) is 0 Å². The van der Waals surface area contributed by atoms with Gasteiger partial charge in [0.25, 0.3) is 5.91 Å². The first-order valence-corrected chi connectivity index (χ1v) is 11.9. The summed E-state index contributed by atoms with van der Waals surface area (Å²) in [6.45, 7) is 4.28. The molecule has 0 heterocycles. The minimum atomic E-state index is -0.472. The SMILES string of the molecule is COc1cc(/C=C(\C#N)C(=O)Nc2cccc(C)c2C)cc(Br)c1OCc1ccc(I)cc1. The van der Waals surface area contributed by atoms with Crippen molar-refractivity contribution in [3.05, 3.63) is 90.5 Å². The van der Waals surface area contributed by atoms with Crippen molar-refractivity contribution >= 4 is 56.2 Å². The molecule has 3 rings (SSSR count). The molecule has 3 aromatic rings. The Bertz CT molecular complexity index is 1250. The predicted octanol–water partition coefficient (Wildman–Crippen LogP) is 6.80. The average Bonchev–Trinajstić information content (AvgIpc) is 2.80. The number of carbonyl (C=O) groups is 1. The maximum absolute atomic E-state index is 12.7. The molecule has 33 heavy (non-hydrogen) atoms. The van der Waals surface area contributed by atoms with Gasteiger partial charge < -0.3 is 14.8 Å². The van der Waals surface area contributed by atoms with E-state index >= 15 is 0 Å². The number of nitrogens with zero attached hydrogens (tertiary/aromatic N) is 1. The molecule has 0 fully saturated rings. The summed E-state index contributed by atoms with van der Waals surface area (Å²) in [6.07, 6.45) is 1.52. The van der Waals surface area contributed by atoms with E-state index in [0.717, 1.165) is 20.3 Å². The molecule has 0 radical (unpaired) electrons. The second kappa shape index (κ2) is 11.3. The minimum absolute atomic E-state index is 0.0163. The van der Waals surface area contributed by atoms with Gasteiger partial charge in [0.1, 0.15) is 18.2 Å². The van der Waals surface area contributed by atoms with Crippen molar-refractivity contribution in [1.82, 2.24) is 0 Å². The van der Waals surface area contributed by atoms with E-state index in [2.05, 4.69) is 43.8 Å². The van der Waals surface area contributed by atoms with Crippen LogP contribution in [0, 0.1) is 28.7 Å². The maximum atomic E-state index is 12.7. The summed E-state index contributed by atoms with van der Waals surface area (Å²) in [5, 5.41) is 12.4. The van der Waals surface area contributed by atoms with Crippen LogP contribution in [0.4, 0.5) is 5.69 Å². The first-order chi connectivity index (χ1) is 15.8. The Labute approximate surface area is 215 Å². The zero-order valence-electron chi connectivity index (χ0n) is 18.4. The van der Waals surface area contributed by atoms with E-state index in [-0.39, 0.29) is 5.57 Å². The molecular formula is C26H22BrIN2O3. The molecule has 5 nitrogen and oxygen atoms in total. The normalized spacial score (nSPS) is 11.0. The quantitative estimate of drug-likeness (QED) is 0.180. The standard InChI is InChI=1S/C26H22BrIN2O3/c1-16-5-4-6-23(17(16)2)30-26(31)20(14-29)11-19-12-22(27)25(24(13-19)32-3)33-15-18-7-9-21(28)10-8-18/h4-13H,15H2,1-3H3,(H,30,31)/b20-11+. The van der Waals surface area contributed by atoms with Crippen LogP contribution in [-0.2, 0) is 11.4 Å². The molecule has 0 saturated heterocycles. The van der Waals surface area contributed by atoms with Gasteiger partial charge >= 0.3 is 0 Å². The number of anilines is 1. The lowest BCUT2D eigenvalue weighted by molar-refractivity contribution is -0.112. The highest BCUT2D eigenvalue weighted by molar-refractivity contribution is 14.1. The van der Waals surface area contributed by atoms with Crippen molar-refractivity contribution in [3.8, 4) is 17.6 Å². The van der Waals surface area contributed by atoms with Gasteiger partial charge in [-0.05, 0) is 111 Å². The summed E-state index contributed by atoms with van der Waals surface area (Å²) in [6, 6.07) is 19.2. The summed E-state index contributed by atoms with van der Waals surface area (Å²) in [7, 11) is 1.55. The molecule has 0 saturated carbocycles. The van der Waals surface area contributed by atoms with Crippen LogP contribution in [0.15, 0.2) is 64.6 Å². The van der Waals surface area contributed by atoms with Gasteiger partial charge in [0, 0.05) is 9.26 Å². The van der Waals surface area contributed by atoms with E-state index in [0.29, 0.717) is 33.8 Å². The Kier molecular flexibility index (Phi) is 8.53. The molecule has 0 unspecified atom stereocenters. The van der Waals surface area contributed by atoms with Crippen molar-refractivity contribution < 1.29 is 14.3 Å². The number of benzene rings is 3. The lowest BCUT2D eigenvalue weighted by Gasteiger charge is -2.14. The summed E-state index contributed by atoms with van der Waals surface area (Å²) in [4.78, 5) is 12.7. The molecule has 0 aromatic heterocycles. The monoisotopic (exact) mass is 616 g/mol. The Morgan fingerprint density at radius 1 is 1.18 bits per heavy atom. The number of aryl methyl sites for hydroxylation is 1. The third-order valence-electron chi connectivity index (χ3n) is 5.08. The molecule has 0 aliphatic rings.